The van der Waals surface area contributed by atoms with Crippen molar-refractivity contribution in [3.63, 3.8) is 0 Å². The molecule has 0 saturated heterocycles. The van der Waals surface area contributed by atoms with Gasteiger partial charge in [-0.1, -0.05) is 6.07 Å². The third kappa shape index (κ3) is 4.49. The normalized spacial score (nSPS) is 10.2. The topological polar surface area (TPSA) is 47.6 Å². The molecule has 0 bridgehead atoms. The summed E-state index contributed by atoms with van der Waals surface area (Å²) in [5.41, 5.74) is 2.89. The number of ether oxygens (including phenoxy) is 2. The van der Waals surface area contributed by atoms with E-state index in [0.29, 0.717) is 17.2 Å². The molecule has 4 nitrogen and oxygen atoms in total. The van der Waals surface area contributed by atoms with Crippen molar-refractivity contribution in [2.45, 2.75) is 13.8 Å². The standard InChI is InChI=1S/C17H18BrNO3/c1-11-6-12(2)8-14(7-11)22-10-17(20)19-13-4-5-16(21-3)15(18)9-13/h4-9H,10H2,1-3H3,(H,19,20). The Bertz CT molecular complexity index is 665. The van der Waals surface area contributed by atoms with Crippen LogP contribution in [0.15, 0.2) is 40.9 Å². The highest BCUT2D eigenvalue weighted by atomic mass is 79.9. The monoisotopic (exact) mass is 363 g/mol. The van der Waals surface area contributed by atoms with Crippen LogP contribution < -0.4 is 14.8 Å². The predicted molar refractivity (Wildman–Crippen MR) is 90.7 cm³/mol. The fraction of sp³-hybridized carbons (Fsp3) is 0.235. The zero-order valence-electron chi connectivity index (χ0n) is 12.8. The highest BCUT2D eigenvalue weighted by Crippen LogP contribution is 2.27. The maximum absolute atomic E-state index is 11.9. The SMILES string of the molecule is COc1ccc(NC(=O)COc2cc(C)cc(C)c2)cc1Br. The van der Waals surface area contributed by atoms with Crippen LogP contribution in [0.4, 0.5) is 5.69 Å². The molecule has 1 amide bonds. The lowest BCUT2D eigenvalue weighted by Crippen LogP contribution is -2.20. The summed E-state index contributed by atoms with van der Waals surface area (Å²) in [7, 11) is 1.59. The number of hydrogen-bond acceptors (Lipinski definition) is 3. The summed E-state index contributed by atoms with van der Waals surface area (Å²) in [6, 6.07) is 11.2. The molecule has 0 aliphatic rings. The number of amides is 1. The molecule has 116 valence electrons. The van der Waals surface area contributed by atoms with Gasteiger partial charge in [0, 0.05) is 5.69 Å². The third-order valence-corrected chi connectivity index (χ3v) is 3.62. The number of methoxy groups -OCH3 is 1. The molecule has 2 rings (SSSR count). The van der Waals surface area contributed by atoms with Gasteiger partial charge in [-0.25, -0.2) is 0 Å². The van der Waals surface area contributed by atoms with Crippen molar-refractivity contribution < 1.29 is 14.3 Å². The van der Waals surface area contributed by atoms with E-state index in [1.165, 1.54) is 0 Å². The van der Waals surface area contributed by atoms with Crippen LogP contribution in [0.3, 0.4) is 0 Å². The highest BCUT2D eigenvalue weighted by Gasteiger charge is 2.07. The number of carbonyl (C=O) groups excluding carboxylic acids is 1. The Kier molecular flexibility index (Phi) is 5.44. The smallest absolute Gasteiger partial charge is 0.262 e. The van der Waals surface area contributed by atoms with Crippen molar-refractivity contribution in [1.82, 2.24) is 0 Å². The first-order chi connectivity index (χ1) is 10.5. The van der Waals surface area contributed by atoms with E-state index in [1.54, 1.807) is 25.3 Å². The fourth-order valence-corrected chi connectivity index (χ4v) is 2.65. The summed E-state index contributed by atoms with van der Waals surface area (Å²) >= 11 is 3.38. The number of nitrogens with one attached hydrogen (secondary N) is 1. The quantitative estimate of drug-likeness (QED) is 0.869. The van der Waals surface area contributed by atoms with E-state index < -0.39 is 0 Å². The van der Waals surface area contributed by atoms with Gasteiger partial charge in [0.15, 0.2) is 6.61 Å². The van der Waals surface area contributed by atoms with Gasteiger partial charge in [-0.2, -0.15) is 0 Å². The van der Waals surface area contributed by atoms with Gasteiger partial charge in [-0.15, -0.1) is 0 Å². The van der Waals surface area contributed by atoms with Crippen LogP contribution >= 0.6 is 15.9 Å². The van der Waals surface area contributed by atoms with Crippen molar-refractivity contribution in [3.8, 4) is 11.5 Å². The van der Waals surface area contributed by atoms with E-state index in [0.717, 1.165) is 15.6 Å². The van der Waals surface area contributed by atoms with Crippen LogP contribution in [0.25, 0.3) is 0 Å². The Morgan fingerprint density at radius 3 is 2.41 bits per heavy atom. The minimum atomic E-state index is -0.212. The van der Waals surface area contributed by atoms with Gasteiger partial charge in [0.25, 0.3) is 5.91 Å². The summed E-state index contributed by atoms with van der Waals surface area (Å²) in [4.78, 5) is 11.9. The van der Waals surface area contributed by atoms with Crippen LogP contribution in [0.2, 0.25) is 0 Å². The zero-order chi connectivity index (χ0) is 16.1. The summed E-state index contributed by atoms with van der Waals surface area (Å²) in [6.45, 7) is 3.95. The van der Waals surface area contributed by atoms with Gasteiger partial charge in [-0.05, 0) is 71.2 Å². The molecule has 0 saturated carbocycles. The lowest BCUT2D eigenvalue weighted by atomic mass is 10.1. The van der Waals surface area contributed by atoms with E-state index in [-0.39, 0.29) is 12.5 Å². The van der Waals surface area contributed by atoms with Crippen LogP contribution in [0.5, 0.6) is 11.5 Å². The lowest BCUT2D eigenvalue weighted by Gasteiger charge is -2.10. The Morgan fingerprint density at radius 1 is 1.14 bits per heavy atom. The van der Waals surface area contributed by atoms with Crippen molar-refractivity contribution in [2.75, 3.05) is 19.0 Å². The van der Waals surface area contributed by atoms with Gasteiger partial charge in [0.2, 0.25) is 0 Å². The van der Waals surface area contributed by atoms with Gasteiger partial charge < -0.3 is 14.8 Å². The second-order valence-electron chi connectivity index (χ2n) is 5.01. The first-order valence-electron chi connectivity index (χ1n) is 6.82. The Morgan fingerprint density at radius 2 is 1.82 bits per heavy atom. The molecular formula is C17H18BrNO3. The second-order valence-corrected chi connectivity index (χ2v) is 5.86. The number of benzene rings is 2. The molecule has 2 aromatic carbocycles. The molecule has 0 atom stereocenters. The van der Waals surface area contributed by atoms with Gasteiger partial charge in [-0.3, -0.25) is 4.79 Å². The number of carbonyl (C=O) groups is 1. The van der Waals surface area contributed by atoms with Gasteiger partial charge >= 0.3 is 0 Å². The van der Waals surface area contributed by atoms with Crippen molar-refractivity contribution in [2.24, 2.45) is 0 Å². The molecule has 5 heteroatoms. The van der Waals surface area contributed by atoms with Crippen molar-refractivity contribution >= 4 is 27.5 Å². The summed E-state index contributed by atoms with van der Waals surface area (Å²) < 4.78 is 11.5. The molecule has 0 radical (unpaired) electrons. The van der Waals surface area contributed by atoms with E-state index >= 15 is 0 Å². The summed E-state index contributed by atoms with van der Waals surface area (Å²) in [6.07, 6.45) is 0. The number of hydrogen-bond donors (Lipinski definition) is 1. The number of halogens is 1. The lowest BCUT2D eigenvalue weighted by molar-refractivity contribution is -0.118. The van der Waals surface area contributed by atoms with Crippen LogP contribution in [0, 0.1) is 13.8 Å². The third-order valence-electron chi connectivity index (χ3n) is 3.00. The molecule has 2 aromatic rings. The van der Waals surface area contributed by atoms with E-state index in [2.05, 4.69) is 27.3 Å². The average Bonchev–Trinajstić information content (AvgIpc) is 2.44. The Hall–Kier alpha value is -2.01. The maximum atomic E-state index is 11.9. The molecule has 0 heterocycles. The van der Waals surface area contributed by atoms with E-state index in [9.17, 15) is 4.79 Å². The average molecular weight is 364 g/mol. The molecule has 0 aliphatic carbocycles. The zero-order valence-corrected chi connectivity index (χ0v) is 14.4. The Balaban J connectivity index is 1.94. The first-order valence-corrected chi connectivity index (χ1v) is 7.61. The minimum Gasteiger partial charge on any atom is -0.496 e. The van der Waals surface area contributed by atoms with Crippen LogP contribution in [0.1, 0.15) is 11.1 Å². The number of anilines is 1. The van der Waals surface area contributed by atoms with Crippen LogP contribution in [-0.2, 0) is 4.79 Å². The highest BCUT2D eigenvalue weighted by molar-refractivity contribution is 9.10. The molecule has 0 unspecified atom stereocenters. The van der Waals surface area contributed by atoms with Crippen LogP contribution in [-0.4, -0.2) is 19.6 Å². The fourth-order valence-electron chi connectivity index (χ4n) is 2.11. The van der Waals surface area contributed by atoms with Crippen molar-refractivity contribution in [3.05, 3.63) is 52.0 Å². The maximum Gasteiger partial charge on any atom is 0.262 e. The molecule has 0 aromatic heterocycles. The molecule has 0 aliphatic heterocycles. The first kappa shape index (κ1) is 16.4. The summed E-state index contributed by atoms with van der Waals surface area (Å²) in [5.74, 6) is 1.20. The Labute approximate surface area is 138 Å². The van der Waals surface area contributed by atoms with E-state index in [1.807, 2.05) is 26.0 Å². The van der Waals surface area contributed by atoms with Crippen molar-refractivity contribution in [1.29, 1.82) is 0 Å². The number of aryl methyl sites for hydroxylation is 2. The van der Waals surface area contributed by atoms with Gasteiger partial charge in [0.1, 0.15) is 11.5 Å². The molecular weight excluding hydrogens is 346 g/mol. The molecule has 0 fully saturated rings. The van der Waals surface area contributed by atoms with Gasteiger partial charge in [0.05, 0.1) is 11.6 Å². The number of rotatable bonds is 5. The minimum absolute atomic E-state index is 0.0352. The predicted octanol–water partition coefficient (Wildman–Crippen LogP) is 4.09. The molecule has 0 spiro atoms. The second kappa shape index (κ2) is 7.31. The molecule has 1 N–H and O–H groups in total. The van der Waals surface area contributed by atoms with E-state index in [4.69, 9.17) is 9.47 Å². The molecule has 22 heavy (non-hydrogen) atoms. The largest absolute Gasteiger partial charge is 0.496 e. The summed E-state index contributed by atoms with van der Waals surface area (Å²) in [5, 5.41) is 2.78.